The van der Waals surface area contributed by atoms with E-state index in [1.54, 1.807) is 12.1 Å². The number of rotatable bonds is 5. The molecule has 1 aromatic rings. The van der Waals surface area contributed by atoms with E-state index in [0.29, 0.717) is 5.56 Å². The van der Waals surface area contributed by atoms with Crippen LogP contribution in [0.5, 0.6) is 5.75 Å². The first-order valence-electron chi connectivity index (χ1n) is 5.32. The molecule has 2 unspecified atom stereocenters. The summed E-state index contributed by atoms with van der Waals surface area (Å²) in [7, 11) is 0. The fourth-order valence-corrected chi connectivity index (χ4v) is 2.09. The van der Waals surface area contributed by atoms with E-state index < -0.39 is 0 Å². The maximum atomic E-state index is 11.8. The molecule has 0 aliphatic carbocycles. The van der Waals surface area contributed by atoms with Gasteiger partial charge in [0.05, 0.1) is 6.61 Å². The van der Waals surface area contributed by atoms with Crippen molar-refractivity contribution in [2.45, 2.75) is 18.2 Å². The average molecular weight is 255 g/mol. The zero-order chi connectivity index (χ0) is 12.8. The Morgan fingerprint density at radius 2 is 2.24 bits per heavy atom. The van der Waals surface area contributed by atoms with E-state index in [1.807, 2.05) is 13.2 Å². The number of amides is 1. The van der Waals surface area contributed by atoms with Crippen LogP contribution >= 0.6 is 11.8 Å². The van der Waals surface area contributed by atoms with Gasteiger partial charge in [0.1, 0.15) is 5.75 Å². The number of carbonyl (C=O) groups excluding carboxylic acids is 1. The van der Waals surface area contributed by atoms with Crippen LogP contribution in [0.25, 0.3) is 0 Å². The Morgan fingerprint density at radius 1 is 1.53 bits per heavy atom. The van der Waals surface area contributed by atoms with Crippen molar-refractivity contribution in [1.82, 2.24) is 5.32 Å². The minimum absolute atomic E-state index is 0.0165. The van der Waals surface area contributed by atoms with Crippen molar-refractivity contribution in [1.29, 1.82) is 0 Å². The monoisotopic (exact) mass is 255 g/mol. The molecule has 2 atom stereocenters. The van der Waals surface area contributed by atoms with Crippen LogP contribution in [0.2, 0.25) is 0 Å². The largest absolute Gasteiger partial charge is 0.508 e. The molecular weight excluding hydrogens is 238 g/mol. The number of nitrogens with one attached hydrogen (secondary N) is 1. The minimum atomic E-state index is -0.249. The number of hydrogen-bond donors (Lipinski definition) is 3. The van der Waals surface area contributed by atoms with Gasteiger partial charge in [0.25, 0.3) is 5.91 Å². The van der Waals surface area contributed by atoms with Crippen LogP contribution in [0.3, 0.4) is 0 Å². The van der Waals surface area contributed by atoms with Crippen LogP contribution < -0.4 is 5.32 Å². The number of hydrogen-bond acceptors (Lipinski definition) is 4. The van der Waals surface area contributed by atoms with Crippen LogP contribution in [0.4, 0.5) is 0 Å². The first kappa shape index (κ1) is 13.9. The normalized spacial score (nSPS) is 14.1. The molecule has 1 aromatic carbocycles. The molecule has 0 fully saturated rings. The van der Waals surface area contributed by atoms with Gasteiger partial charge in [-0.2, -0.15) is 11.8 Å². The lowest BCUT2D eigenvalue weighted by Gasteiger charge is -2.21. The van der Waals surface area contributed by atoms with Crippen LogP contribution in [-0.2, 0) is 0 Å². The number of benzene rings is 1. The van der Waals surface area contributed by atoms with Gasteiger partial charge >= 0.3 is 0 Å². The number of phenols is 1. The topological polar surface area (TPSA) is 69.6 Å². The predicted octanol–water partition coefficient (Wildman–Crippen LogP) is 1.23. The summed E-state index contributed by atoms with van der Waals surface area (Å²) in [6.07, 6.45) is 1.89. The number of thioether (sulfide) groups is 1. The molecule has 0 heterocycles. The molecule has 17 heavy (non-hydrogen) atoms. The molecule has 0 bridgehead atoms. The van der Waals surface area contributed by atoms with Gasteiger partial charge < -0.3 is 15.5 Å². The van der Waals surface area contributed by atoms with Gasteiger partial charge in [-0.1, -0.05) is 6.07 Å². The molecular formula is C12H17NO3S. The molecule has 0 saturated heterocycles. The quantitative estimate of drug-likeness (QED) is 0.740. The fraction of sp³-hybridized carbons (Fsp3) is 0.417. The second-order valence-corrected chi connectivity index (χ2v) is 4.85. The van der Waals surface area contributed by atoms with Gasteiger partial charge in [0.15, 0.2) is 0 Å². The highest BCUT2D eigenvalue weighted by atomic mass is 32.2. The van der Waals surface area contributed by atoms with Crippen LogP contribution in [-0.4, -0.2) is 40.3 Å². The Kier molecular flexibility index (Phi) is 5.31. The molecule has 94 valence electrons. The number of carbonyl (C=O) groups is 1. The molecule has 5 heteroatoms. The predicted molar refractivity (Wildman–Crippen MR) is 69.4 cm³/mol. The third-order valence-corrected chi connectivity index (χ3v) is 3.67. The maximum absolute atomic E-state index is 11.8. The highest BCUT2D eigenvalue weighted by molar-refractivity contribution is 7.99. The lowest BCUT2D eigenvalue weighted by Crippen LogP contribution is -2.41. The molecule has 0 saturated carbocycles. The van der Waals surface area contributed by atoms with Gasteiger partial charge in [0, 0.05) is 16.9 Å². The van der Waals surface area contributed by atoms with Crippen molar-refractivity contribution >= 4 is 17.7 Å². The Bertz CT molecular complexity index is 380. The Labute approximate surface area is 105 Å². The zero-order valence-electron chi connectivity index (χ0n) is 9.88. The number of aromatic hydroxyl groups is 1. The van der Waals surface area contributed by atoms with Gasteiger partial charge in [-0.05, 0) is 31.4 Å². The Morgan fingerprint density at radius 3 is 2.76 bits per heavy atom. The fourth-order valence-electron chi connectivity index (χ4n) is 1.47. The Balaban J connectivity index is 2.66. The third kappa shape index (κ3) is 3.94. The van der Waals surface area contributed by atoms with E-state index in [-0.39, 0.29) is 29.6 Å². The van der Waals surface area contributed by atoms with E-state index >= 15 is 0 Å². The highest BCUT2D eigenvalue weighted by Crippen LogP contribution is 2.13. The van der Waals surface area contributed by atoms with Crippen molar-refractivity contribution in [3.8, 4) is 5.75 Å². The smallest absolute Gasteiger partial charge is 0.251 e. The standard InChI is InChI=1S/C12H17NO3S/c1-8(11(7-14)17-2)13-12(16)9-4-3-5-10(15)6-9/h3-6,8,11,14-15H,7H2,1-2H3,(H,13,16). The second kappa shape index (κ2) is 6.51. The van der Waals surface area contributed by atoms with Crippen molar-refractivity contribution in [2.75, 3.05) is 12.9 Å². The SMILES string of the molecule is CSC(CO)C(C)NC(=O)c1cccc(O)c1. The van der Waals surface area contributed by atoms with E-state index in [9.17, 15) is 9.90 Å². The number of phenolic OH excluding ortho intramolecular Hbond substituents is 1. The van der Waals surface area contributed by atoms with E-state index in [4.69, 9.17) is 5.11 Å². The maximum Gasteiger partial charge on any atom is 0.251 e. The van der Waals surface area contributed by atoms with Crippen molar-refractivity contribution < 1.29 is 15.0 Å². The summed E-state index contributed by atoms with van der Waals surface area (Å²) in [4.78, 5) is 11.8. The van der Waals surface area contributed by atoms with Gasteiger partial charge in [0.2, 0.25) is 0 Å². The molecule has 0 aliphatic heterocycles. The molecule has 4 nitrogen and oxygen atoms in total. The molecule has 1 amide bonds. The summed E-state index contributed by atoms with van der Waals surface area (Å²) < 4.78 is 0. The molecule has 0 spiro atoms. The third-order valence-electron chi connectivity index (χ3n) is 2.51. The van der Waals surface area contributed by atoms with Crippen LogP contribution in [0.15, 0.2) is 24.3 Å². The average Bonchev–Trinajstić information content (AvgIpc) is 2.30. The summed E-state index contributed by atoms with van der Waals surface area (Å²) >= 11 is 1.50. The first-order chi connectivity index (χ1) is 8.08. The van der Waals surface area contributed by atoms with Gasteiger partial charge in [-0.25, -0.2) is 0 Å². The summed E-state index contributed by atoms with van der Waals surface area (Å²) in [5, 5.41) is 21.1. The minimum Gasteiger partial charge on any atom is -0.508 e. The van der Waals surface area contributed by atoms with Crippen LogP contribution in [0, 0.1) is 0 Å². The summed E-state index contributed by atoms with van der Waals surface area (Å²) in [5.41, 5.74) is 0.412. The molecule has 0 radical (unpaired) electrons. The molecule has 1 rings (SSSR count). The van der Waals surface area contributed by atoms with Crippen molar-refractivity contribution in [3.63, 3.8) is 0 Å². The first-order valence-corrected chi connectivity index (χ1v) is 6.60. The molecule has 0 aliphatic rings. The summed E-state index contributed by atoms with van der Waals surface area (Å²) in [6, 6.07) is 6.04. The number of aliphatic hydroxyl groups is 1. The van der Waals surface area contributed by atoms with E-state index in [2.05, 4.69) is 5.32 Å². The Hall–Kier alpha value is -1.20. The van der Waals surface area contributed by atoms with Gasteiger partial charge in [-0.3, -0.25) is 4.79 Å². The van der Waals surface area contributed by atoms with Crippen molar-refractivity contribution in [2.24, 2.45) is 0 Å². The van der Waals surface area contributed by atoms with E-state index in [1.165, 1.54) is 23.9 Å². The lowest BCUT2D eigenvalue weighted by molar-refractivity contribution is 0.0935. The summed E-state index contributed by atoms with van der Waals surface area (Å²) in [6.45, 7) is 1.86. The van der Waals surface area contributed by atoms with Crippen LogP contribution in [0.1, 0.15) is 17.3 Å². The zero-order valence-corrected chi connectivity index (χ0v) is 10.7. The number of aliphatic hydroxyl groups excluding tert-OH is 1. The van der Waals surface area contributed by atoms with E-state index in [0.717, 1.165) is 0 Å². The molecule has 0 aromatic heterocycles. The second-order valence-electron chi connectivity index (χ2n) is 3.77. The molecule has 3 N–H and O–H groups in total. The highest BCUT2D eigenvalue weighted by Gasteiger charge is 2.18. The lowest BCUT2D eigenvalue weighted by atomic mass is 10.1. The van der Waals surface area contributed by atoms with Crippen molar-refractivity contribution in [3.05, 3.63) is 29.8 Å². The summed E-state index contributed by atoms with van der Waals surface area (Å²) in [5.74, 6) is -0.185. The van der Waals surface area contributed by atoms with Gasteiger partial charge in [-0.15, -0.1) is 0 Å².